The summed E-state index contributed by atoms with van der Waals surface area (Å²) in [4.78, 5) is 31.7. The second-order valence-corrected chi connectivity index (χ2v) is 10.8. The minimum atomic E-state index is -0.431. The fraction of sp³-hybridized carbons (Fsp3) is 0.433. The SMILES string of the molecule is CC1=C(C(=O)OC[C@@H]2CCCO2)[C@H](c2ccc(-c3ccccc3)cc2)[C@H]2C(=O)CC(C)(C)CC2=N1. The Morgan fingerprint density at radius 3 is 2.43 bits per heavy atom. The average molecular weight is 472 g/mol. The Labute approximate surface area is 207 Å². The van der Waals surface area contributed by atoms with Crippen LogP contribution in [0.15, 0.2) is 70.9 Å². The van der Waals surface area contributed by atoms with Gasteiger partial charge < -0.3 is 9.47 Å². The van der Waals surface area contributed by atoms with Gasteiger partial charge in [-0.15, -0.1) is 0 Å². The lowest BCUT2D eigenvalue weighted by molar-refractivity contribution is -0.142. The summed E-state index contributed by atoms with van der Waals surface area (Å²) in [6, 6.07) is 18.4. The van der Waals surface area contributed by atoms with E-state index in [1.165, 1.54) is 0 Å². The fourth-order valence-electron chi connectivity index (χ4n) is 5.75. The zero-order chi connectivity index (χ0) is 24.6. The fourth-order valence-corrected chi connectivity index (χ4v) is 5.75. The molecule has 0 aromatic heterocycles. The van der Waals surface area contributed by atoms with Crippen molar-refractivity contribution in [3.63, 3.8) is 0 Å². The van der Waals surface area contributed by atoms with Gasteiger partial charge in [0.2, 0.25) is 0 Å². The molecule has 2 aliphatic heterocycles. The van der Waals surface area contributed by atoms with Crippen LogP contribution in [0.4, 0.5) is 0 Å². The molecule has 0 N–H and O–H groups in total. The van der Waals surface area contributed by atoms with Crippen LogP contribution in [0.2, 0.25) is 0 Å². The van der Waals surface area contributed by atoms with E-state index in [2.05, 4.69) is 38.1 Å². The average Bonchev–Trinajstić information content (AvgIpc) is 3.35. The van der Waals surface area contributed by atoms with E-state index in [-0.39, 0.29) is 23.9 Å². The largest absolute Gasteiger partial charge is 0.460 e. The molecule has 1 saturated heterocycles. The normalized spacial score (nSPS) is 25.7. The van der Waals surface area contributed by atoms with Gasteiger partial charge in [0.05, 0.1) is 17.6 Å². The molecule has 0 radical (unpaired) electrons. The van der Waals surface area contributed by atoms with Crippen molar-refractivity contribution in [1.82, 2.24) is 0 Å². The number of hydrogen-bond acceptors (Lipinski definition) is 5. The quantitative estimate of drug-likeness (QED) is 0.510. The Morgan fingerprint density at radius 1 is 1.03 bits per heavy atom. The molecule has 5 rings (SSSR count). The van der Waals surface area contributed by atoms with Crippen LogP contribution in [0.5, 0.6) is 0 Å². The minimum Gasteiger partial charge on any atom is -0.460 e. The van der Waals surface area contributed by atoms with Crippen molar-refractivity contribution in [3.05, 3.63) is 71.4 Å². The molecular formula is C30H33NO4. The number of nitrogens with zero attached hydrogens (tertiary/aromatic N) is 1. The van der Waals surface area contributed by atoms with Gasteiger partial charge in [-0.1, -0.05) is 68.4 Å². The molecule has 0 spiro atoms. The molecular weight excluding hydrogens is 438 g/mol. The molecule has 3 atom stereocenters. The molecule has 1 saturated carbocycles. The lowest BCUT2D eigenvalue weighted by atomic mass is 9.63. The summed E-state index contributed by atoms with van der Waals surface area (Å²) in [7, 11) is 0. The van der Waals surface area contributed by atoms with Crippen molar-refractivity contribution in [2.24, 2.45) is 16.3 Å². The maximum atomic E-state index is 13.5. The monoisotopic (exact) mass is 471 g/mol. The first-order valence-electron chi connectivity index (χ1n) is 12.6. The van der Waals surface area contributed by atoms with Gasteiger partial charge in [-0.05, 0) is 48.3 Å². The number of hydrogen-bond donors (Lipinski definition) is 0. The van der Waals surface area contributed by atoms with Crippen LogP contribution in [0.25, 0.3) is 11.1 Å². The standard InChI is InChI=1S/C30H33NO4/c1-19-26(29(33)35-18-23-10-7-15-34-23)27(28-24(31-19)16-30(2,3)17-25(28)32)22-13-11-21(12-14-22)20-8-5-4-6-9-20/h4-6,8-9,11-14,23,27-28H,7,10,15-18H2,1-3H3/t23-,27-,28+/m0/s1. The van der Waals surface area contributed by atoms with E-state index >= 15 is 0 Å². The third-order valence-corrected chi connectivity index (χ3v) is 7.38. The molecule has 0 bridgehead atoms. The van der Waals surface area contributed by atoms with Gasteiger partial charge in [0.15, 0.2) is 0 Å². The van der Waals surface area contributed by atoms with Crippen LogP contribution in [-0.2, 0) is 19.1 Å². The highest BCUT2D eigenvalue weighted by Gasteiger charge is 2.47. The molecule has 2 fully saturated rings. The molecule has 3 aliphatic rings. The number of ketones is 1. The van der Waals surface area contributed by atoms with Crippen molar-refractivity contribution in [1.29, 1.82) is 0 Å². The molecule has 2 aromatic rings. The number of Topliss-reactive ketones (excluding diaryl/α,β-unsaturated/α-hetero) is 1. The van der Waals surface area contributed by atoms with Gasteiger partial charge in [-0.3, -0.25) is 9.79 Å². The van der Waals surface area contributed by atoms with Gasteiger partial charge in [-0.2, -0.15) is 0 Å². The summed E-state index contributed by atoms with van der Waals surface area (Å²) in [6.45, 7) is 7.02. The highest BCUT2D eigenvalue weighted by atomic mass is 16.6. The zero-order valence-electron chi connectivity index (χ0n) is 20.8. The molecule has 0 unspecified atom stereocenters. The second kappa shape index (κ2) is 9.54. The Morgan fingerprint density at radius 2 is 1.74 bits per heavy atom. The smallest absolute Gasteiger partial charge is 0.336 e. The summed E-state index contributed by atoms with van der Waals surface area (Å²) in [5.74, 6) is -1.07. The third-order valence-electron chi connectivity index (χ3n) is 7.38. The van der Waals surface area contributed by atoms with Crippen LogP contribution in [0.3, 0.4) is 0 Å². The highest BCUT2D eigenvalue weighted by Crippen LogP contribution is 2.47. The topological polar surface area (TPSA) is 65.0 Å². The predicted octanol–water partition coefficient (Wildman–Crippen LogP) is 5.89. The summed E-state index contributed by atoms with van der Waals surface area (Å²) >= 11 is 0. The van der Waals surface area contributed by atoms with Crippen LogP contribution in [0.1, 0.15) is 57.9 Å². The van der Waals surface area contributed by atoms with E-state index in [4.69, 9.17) is 14.5 Å². The Bertz CT molecular complexity index is 1170. The lowest BCUT2D eigenvalue weighted by Crippen LogP contribution is -2.44. The van der Waals surface area contributed by atoms with E-state index < -0.39 is 17.8 Å². The molecule has 2 heterocycles. The third kappa shape index (κ3) is 4.87. The molecule has 35 heavy (non-hydrogen) atoms. The number of aliphatic imine (C=N–C) groups is 1. The predicted molar refractivity (Wildman–Crippen MR) is 136 cm³/mol. The van der Waals surface area contributed by atoms with Gasteiger partial charge in [0.25, 0.3) is 0 Å². The molecule has 5 nitrogen and oxygen atoms in total. The maximum absolute atomic E-state index is 13.5. The van der Waals surface area contributed by atoms with E-state index in [9.17, 15) is 9.59 Å². The summed E-state index contributed by atoms with van der Waals surface area (Å²) in [5, 5.41) is 0. The number of allylic oxidation sites excluding steroid dienone is 1. The van der Waals surface area contributed by atoms with Gasteiger partial charge >= 0.3 is 5.97 Å². The van der Waals surface area contributed by atoms with Crippen molar-refractivity contribution in [2.45, 2.75) is 58.5 Å². The molecule has 182 valence electrons. The highest BCUT2D eigenvalue weighted by molar-refractivity contribution is 6.12. The van der Waals surface area contributed by atoms with E-state index in [0.29, 0.717) is 24.3 Å². The van der Waals surface area contributed by atoms with Gasteiger partial charge in [0, 0.05) is 30.4 Å². The van der Waals surface area contributed by atoms with Crippen LogP contribution < -0.4 is 0 Å². The Hall–Kier alpha value is -3.05. The molecule has 1 aliphatic carbocycles. The van der Waals surface area contributed by atoms with Crippen LogP contribution >= 0.6 is 0 Å². The maximum Gasteiger partial charge on any atom is 0.336 e. The first kappa shape index (κ1) is 23.7. The first-order chi connectivity index (χ1) is 16.8. The Balaban J connectivity index is 1.51. The van der Waals surface area contributed by atoms with E-state index in [0.717, 1.165) is 41.7 Å². The molecule has 2 aromatic carbocycles. The van der Waals surface area contributed by atoms with Gasteiger partial charge in [0.1, 0.15) is 12.4 Å². The number of benzene rings is 2. The first-order valence-corrected chi connectivity index (χ1v) is 12.6. The zero-order valence-corrected chi connectivity index (χ0v) is 20.8. The number of ether oxygens (including phenoxy) is 2. The van der Waals surface area contributed by atoms with Gasteiger partial charge in [-0.25, -0.2) is 4.79 Å². The van der Waals surface area contributed by atoms with Crippen LogP contribution in [0, 0.1) is 11.3 Å². The van der Waals surface area contributed by atoms with Crippen molar-refractivity contribution >= 4 is 17.5 Å². The summed E-state index contributed by atoms with van der Waals surface area (Å²) in [6.07, 6.45) is 3.06. The number of carbonyl (C=O) groups excluding carboxylic acids is 2. The van der Waals surface area contributed by atoms with E-state index in [1.807, 2.05) is 37.3 Å². The number of carbonyl (C=O) groups is 2. The summed E-state index contributed by atoms with van der Waals surface area (Å²) < 4.78 is 11.4. The molecule has 0 amide bonds. The number of esters is 1. The lowest BCUT2D eigenvalue weighted by Gasteiger charge is -2.41. The molecule has 5 heteroatoms. The van der Waals surface area contributed by atoms with Crippen molar-refractivity contribution in [2.75, 3.05) is 13.2 Å². The second-order valence-electron chi connectivity index (χ2n) is 10.8. The number of fused-ring (bicyclic) bond motifs is 1. The van der Waals surface area contributed by atoms with Crippen molar-refractivity contribution < 1.29 is 19.1 Å². The van der Waals surface area contributed by atoms with Crippen molar-refractivity contribution in [3.8, 4) is 11.1 Å². The van der Waals surface area contributed by atoms with E-state index in [1.54, 1.807) is 0 Å². The minimum absolute atomic E-state index is 0.0526. The van der Waals surface area contributed by atoms with Crippen LogP contribution in [-0.4, -0.2) is 36.8 Å². The Kier molecular flexibility index (Phi) is 6.45. The number of rotatable bonds is 5. The summed E-state index contributed by atoms with van der Waals surface area (Å²) in [5.41, 5.74) is 5.07.